The number of carbonyl (C=O) groups excluding carboxylic acids is 1. The predicted molar refractivity (Wildman–Crippen MR) is 79.3 cm³/mol. The average molecular weight is 294 g/mol. The van der Waals surface area contributed by atoms with Gasteiger partial charge in [-0.1, -0.05) is 12.1 Å². The van der Waals surface area contributed by atoms with Crippen LogP contribution in [0.3, 0.4) is 0 Å². The van der Waals surface area contributed by atoms with E-state index in [9.17, 15) is 9.59 Å². The Hall–Kier alpha value is -2.24. The number of ether oxygens (including phenoxy) is 1. The minimum absolute atomic E-state index is 0.0554. The number of urea groups is 1. The fraction of sp³-hybridized carbons (Fsp3) is 0.467. The van der Waals surface area contributed by atoms with E-state index in [0.29, 0.717) is 6.54 Å². The molecule has 0 aliphatic heterocycles. The first-order valence-corrected chi connectivity index (χ1v) is 6.83. The van der Waals surface area contributed by atoms with Gasteiger partial charge in [0.25, 0.3) is 0 Å². The van der Waals surface area contributed by atoms with E-state index in [4.69, 9.17) is 9.84 Å². The maximum atomic E-state index is 12.1. The van der Waals surface area contributed by atoms with Crippen LogP contribution in [0.5, 0.6) is 5.75 Å². The number of aliphatic carboxylic acids is 1. The van der Waals surface area contributed by atoms with Crippen molar-refractivity contribution < 1.29 is 19.4 Å². The first-order valence-electron chi connectivity index (χ1n) is 6.83. The van der Waals surface area contributed by atoms with E-state index in [0.717, 1.165) is 11.3 Å². The van der Waals surface area contributed by atoms with Crippen LogP contribution in [0.2, 0.25) is 0 Å². The van der Waals surface area contributed by atoms with Crippen molar-refractivity contribution in [2.45, 2.75) is 32.9 Å². The number of nitrogens with zero attached hydrogens (tertiary/aromatic N) is 1. The topological polar surface area (TPSA) is 78.9 Å². The maximum Gasteiger partial charge on any atom is 0.317 e. The lowest BCUT2D eigenvalue weighted by Crippen LogP contribution is -2.44. The molecule has 2 amide bonds. The van der Waals surface area contributed by atoms with Gasteiger partial charge in [-0.3, -0.25) is 4.79 Å². The molecule has 6 nitrogen and oxygen atoms in total. The van der Waals surface area contributed by atoms with E-state index in [1.807, 2.05) is 38.1 Å². The number of hydrogen-bond acceptors (Lipinski definition) is 3. The van der Waals surface area contributed by atoms with E-state index in [-0.39, 0.29) is 25.0 Å². The third-order valence-electron chi connectivity index (χ3n) is 3.05. The van der Waals surface area contributed by atoms with Crippen LogP contribution in [0.15, 0.2) is 24.3 Å². The van der Waals surface area contributed by atoms with Gasteiger partial charge < -0.3 is 20.1 Å². The number of benzene rings is 1. The molecule has 0 spiro atoms. The van der Waals surface area contributed by atoms with Gasteiger partial charge in [0.05, 0.1) is 13.5 Å². The molecular formula is C15H22N2O4. The van der Waals surface area contributed by atoms with Crippen molar-refractivity contribution in [2.24, 2.45) is 0 Å². The van der Waals surface area contributed by atoms with Gasteiger partial charge in [-0.15, -0.1) is 0 Å². The molecule has 0 saturated carbocycles. The minimum Gasteiger partial charge on any atom is -0.497 e. The molecule has 0 atom stereocenters. The standard InChI is InChI=1S/C15H22N2O4/c1-11(2)17(9-8-14(18)19)15(20)16-10-12-4-6-13(21-3)7-5-12/h4-7,11H,8-10H2,1-3H3,(H,16,20)(H,18,19). The van der Waals surface area contributed by atoms with Crippen molar-refractivity contribution in [2.75, 3.05) is 13.7 Å². The first-order chi connectivity index (χ1) is 9.93. The lowest BCUT2D eigenvalue weighted by Gasteiger charge is -2.26. The summed E-state index contributed by atoms with van der Waals surface area (Å²) in [4.78, 5) is 24.2. The summed E-state index contributed by atoms with van der Waals surface area (Å²) < 4.78 is 5.07. The quantitative estimate of drug-likeness (QED) is 0.807. The van der Waals surface area contributed by atoms with Crippen molar-refractivity contribution in [3.05, 3.63) is 29.8 Å². The molecule has 0 saturated heterocycles. The third kappa shape index (κ3) is 5.72. The van der Waals surface area contributed by atoms with Gasteiger partial charge in [-0.25, -0.2) is 4.79 Å². The molecule has 0 aromatic heterocycles. The molecule has 1 aromatic carbocycles. The van der Waals surface area contributed by atoms with E-state index >= 15 is 0 Å². The number of carboxylic acid groups (broad SMARTS) is 1. The third-order valence-corrected chi connectivity index (χ3v) is 3.05. The number of amides is 2. The Morgan fingerprint density at radius 3 is 2.38 bits per heavy atom. The van der Waals surface area contributed by atoms with Gasteiger partial charge in [-0.2, -0.15) is 0 Å². The summed E-state index contributed by atoms with van der Waals surface area (Å²) in [7, 11) is 1.60. The number of carboxylic acids is 1. The van der Waals surface area contributed by atoms with Gasteiger partial charge >= 0.3 is 12.0 Å². The fourth-order valence-corrected chi connectivity index (χ4v) is 1.83. The van der Waals surface area contributed by atoms with Gasteiger partial charge in [0.2, 0.25) is 0 Å². The van der Waals surface area contributed by atoms with Crippen molar-refractivity contribution in [1.82, 2.24) is 10.2 Å². The van der Waals surface area contributed by atoms with Crippen LogP contribution in [0.1, 0.15) is 25.8 Å². The van der Waals surface area contributed by atoms with Gasteiger partial charge in [0.15, 0.2) is 0 Å². The summed E-state index contributed by atoms with van der Waals surface area (Å²) in [6.07, 6.45) is -0.0614. The summed E-state index contributed by atoms with van der Waals surface area (Å²) in [5.41, 5.74) is 0.950. The SMILES string of the molecule is COc1ccc(CNC(=O)N(CCC(=O)O)C(C)C)cc1. The van der Waals surface area contributed by atoms with Gasteiger partial charge in [-0.05, 0) is 31.5 Å². The fourth-order valence-electron chi connectivity index (χ4n) is 1.83. The zero-order chi connectivity index (χ0) is 15.8. The smallest absolute Gasteiger partial charge is 0.317 e. The van der Waals surface area contributed by atoms with E-state index in [1.165, 1.54) is 4.90 Å². The second kappa shape index (κ2) is 8.14. The van der Waals surface area contributed by atoms with Crippen molar-refractivity contribution in [1.29, 1.82) is 0 Å². The molecule has 0 radical (unpaired) electrons. The highest BCUT2D eigenvalue weighted by Crippen LogP contribution is 2.11. The van der Waals surface area contributed by atoms with Crippen LogP contribution in [0.4, 0.5) is 4.79 Å². The summed E-state index contributed by atoms with van der Waals surface area (Å²) in [6.45, 7) is 4.30. The highest BCUT2D eigenvalue weighted by molar-refractivity contribution is 5.75. The summed E-state index contributed by atoms with van der Waals surface area (Å²) in [5.74, 6) is -0.154. The number of methoxy groups -OCH3 is 1. The van der Waals surface area contributed by atoms with Gasteiger partial charge in [0.1, 0.15) is 5.75 Å². The van der Waals surface area contributed by atoms with Crippen LogP contribution in [-0.2, 0) is 11.3 Å². The Morgan fingerprint density at radius 2 is 1.90 bits per heavy atom. The second-order valence-corrected chi connectivity index (χ2v) is 4.94. The number of carbonyl (C=O) groups is 2. The van der Waals surface area contributed by atoms with E-state index in [2.05, 4.69) is 5.32 Å². The first kappa shape index (κ1) is 16.8. The minimum atomic E-state index is -0.913. The van der Waals surface area contributed by atoms with Crippen molar-refractivity contribution >= 4 is 12.0 Å². The molecule has 1 rings (SSSR count). The molecule has 0 bridgehead atoms. The molecular weight excluding hydrogens is 272 g/mol. The Bertz CT molecular complexity index is 471. The van der Waals surface area contributed by atoms with Crippen LogP contribution < -0.4 is 10.1 Å². The summed E-state index contributed by atoms with van der Waals surface area (Å²) in [5, 5.41) is 11.5. The largest absolute Gasteiger partial charge is 0.497 e. The van der Waals surface area contributed by atoms with Crippen molar-refractivity contribution in [3.63, 3.8) is 0 Å². The Kier molecular flexibility index (Phi) is 6.52. The van der Waals surface area contributed by atoms with Crippen LogP contribution in [0.25, 0.3) is 0 Å². The normalized spacial score (nSPS) is 10.3. The molecule has 0 aliphatic rings. The number of hydrogen-bond donors (Lipinski definition) is 2. The van der Waals surface area contributed by atoms with Crippen molar-refractivity contribution in [3.8, 4) is 5.75 Å². The number of rotatable bonds is 7. The highest BCUT2D eigenvalue weighted by Gasteiger charge is 2.17. The molecule has 1 aromatic rings. The average Bonchev–Trinajstić information content (AvgIpc) is 2.45. The Labute approximate surface area is 124 Å². The molecule has 0 heterocycles. The number of nitrogens with one attached hydrogen (secondary N) is 1. The molecule has 0 fully saturated rings. The van der Waals surface area contributed by atoms with E-state index < -0.39 is 5.97 Å². The molecule has 21 heavy (non-hydrogen) atoms. The van der Waals surface area contributed by atoms with Gasteiger partial charge in [0, 0.05) is 19.1 Å². The highest BCUT2D eigenvalue weighted by atomic mass is 16.5. The Balaban J connectivity index is 2.54. The van der Waals surface area contributed by atoms with Crippen LogP contribution >= 0.6 is 0 Å². The molecule has 116 valence electrons. The van der Waals surface area contributed by atoms with Crippen LogP contribution in [0, 0.1) is 0 Å². The lowest BCUT2D eigenvalue weighted by atomic mass is 10.2. The lowest BCUT2D eigenvalue weighted by molar-refractivity contribution is -0.137. The molecule has 6 heteroatoms. The molecule has 2 N–H and O–H groups in total. The molecule has 0 aliphatic carbocycles. The van der Waals surface area contributed by atoms with E-state index in [1.54, 1.807) is 7.11 Å². The predicted octanol–water partition coefficient (Wildman–Crippen LogP) is 2.09. The van der Waals surface area contributed by atoms with Crippen LogP contribution in [-0.4, -0.2) is 41.7 Å². The molecule has 0 unspecified atom stereocenters. The second-order valence-electron chi connectivity index (χ2n) is 4.94. The maximum absolute atomic E-state index is 12.1. The summed E-state index contributed by atoms with van der Waals surface area (Å²) >= 11 is 0. The zero-order valence-electron chi connectivity index (χ0n) is 12.6. The summed E-state index contributed by atoms with van der Waals surface area (Å²) in [6, 6.07) is 7.08. The monoisotopic (exact) mass is 294 g/mol. The zero-order valence-corrected chi connectivity index (χ0v) is 12.6. The Morgan fingerprint density at radius 1 is 1.29 bits per heavy atom.